The number of methoxy groups -OCH3 is 1. The van der Waals surface area contributed by atoms with Crippen molar-refractivity contribution in [3.05, 3.63) is 48.6 Å². The van der Waals surface area contributed by atoms with E-state index in [4.69, 9.17) is 4.74 Å². The smallest absolute Gasteiger partial charge is 0.243 e. The zero-order chi connectivity index (χ0) is 14.4. The molecule has 1 aliphatic heterocycles. The summed E-state index contributed by atoms with van der Waals surface area (Å²) in [6.07, 6.45) is 6.79. The Morgan fingerprint density at radius 3 is 2.70 bits per heavy atom. The lowest BCUT2D eigenvalue weighted by atomic mass is 10.1. The number of hydrazone groups is 1. The third kappa shape index (κ3) is 3.57. The van der Waals surface area contributed by atoms with Crippen LogP contribution in [0.5, 0.6) is 5.75 Å². The Labute approximate surface area is 119 Å². The minimum absolute atomic E-state index is 0.0477. The van der Waals surface area contributed by atoms with E-state index < -0.39 is 0 Å². The highest BCUT2D eigenvalue weighted by Crippen LogP contribution is 2.14. The molecule has 2 rings (SSSR count). The van der Waals surface area contributed by atoms with E-state index in [0.29, 0.717) is 19.4 Å². The van der Waals surface area contributed by atoms with Crippen LogP contribution < -0.4 is 4.74 Å². The first-order valence-corrected chi connectivity index (χ1v) is 6.54. The van der Waals surface area contributed by atoms with Gasteiger partial charge < -0.3 is 4.74 Å². The molecule has 0 fully saturated rings. The molecule has 0 bridgehead atoms. The standard InChI is InChI=1S/C16H18N2O2/c1-3-12-18-16(19)11-8-14(17-18)7-4-13-5-9-15(20-2)10-6-13/h3-7,9-10H,1,8,11-12H2,2H3/b7-4+. The summed E-state index contributed by atoms with van der Waals surface area (Å²) in [5, 5.41) is 5.78. The minimum atomic E-state index is 0.0477. The molecule has 0 radical (unpaired) electrons. The summed E-state index contributed by atoms with van der Waals surface area (Å²) in [4.78, 5) is 11.6. The van der Waals surface area contributed by atoms with Crippen molar-refractivity contribution in [3.8, 4) is 5.75 Å². The van der Waals surface area contributed by atoms with Crippen LogP contribution in [0.1, 0.15) is 18.4 Å². The monoisotopic (exact) mass is 270 g/mol. The van der Waals surface area contributed by atoms with Crippen molar-refractivity contribution in [2.75, 3.05) is 13.7 Å². The van der Waals surface area contributed by atoms with Crippen LogP contribution in [0.2, 0.25) is 0 Å². The van der Waals surface area contributed by atoms with Gasteiger partial charge in [-0.1, -0.05) is 24.3 Å². The summed E-state index contributed by atoms with van der Waals surface area (Å²) in [5.74, 6) is 0.881. The average molecular weight is 270 g/mol. The molecule has 0 spiro atoms. The zero-order valence-electron chi connectivity index (χ0n) is 11.6. The molecular formula is C16H18N2O2. The molecule has 0 saturated carbocycles. The quantitative estimate of drug-likeness (QED) is 0.772. The molecule has 104 valence electrons. The van der Waals surface area contributed by atoms with E-state index in [9.17, 15) is 4.79 Å². The van der Waals surface area contributed by atoms with Gasteiger partial charge in [0.25, 0.3) is 0 Å². The van der Waals surface area contributed by atoms with Crippen molar-refractivity contribution >= 4 is 17.7 Å². The zero-order valence-corrected chi connectivity index (χ0v) is 11.6. The van der Waals surface area contributed by atoms with E-state index in [1.807, 2.05) is 36.4 Å². The van der Waals surface area contributed by atoms with Gasteiger partial charge >= 0.3 is 0 Å². The van der Waals surface area contributed by atoms with Gasteiger partial charge in [-0.05, 0) is 23.8 Å². The molecule has 0 atom stereocenters. The highest BCUT2D eigenvalue weighted by molar-refractivity contribution is 6.02. The SMILES string of the molecule is C=CCN1N=C(/C=C/c2ccc(OC)cc2)CCC1=O. The Kier molecular flexibility index (Phi) is 4.71. The number of rotatable bonds is 5. The van der Waals surface area contributed by atoms with Crippen molar-refractivity contribution in [3.63, 3.8) is 0 Å². The Bertz CT molecular complexity index is 544. The number of amides is 1. The molecule has 1 aromatic carbocycles. The number of allylic oxidation sites excluding steroid dienone is 1. The molecule has 0 aliphatic carbocycles. The summed E-state index contributed by atoms with van der Waals surface area (Å²) in [6.45, 7) is 4.09. The molecule has 4 nitrogen and oxygen atoms in total. The number of carbonyl (C=O) groups is 1. The van der Waals surface area contributed by atoms with E-state index in [0.717, 1.165) is 17.0 Å². The normalized spacial score (nSPS) is 15.3. The third-order valence-corrected chi connectivity index (χ3v) is 3.02. The van der Waals surface area contributed by atoms with Gasteiger partial charge in [0.15, 0.2) is 0 Å². The summed E-state index contributed by atoms with van der Waals surface area (Å²) in [7, 11) is 1.65. The lowest BCUT2D eigenvalue weighted by Gasteiger charge is -2.20. The second kappa shape index (κ2) is 6.70. The Hall–Kier alpha value is -2.36. The fourth-order valence-electron chi connectivity index (χ4n) is 1.91. The molecule has 1 aromatic rings. The largest absolute Gasteiger partial charge is 0.497 e. The van der Waals surface area contributed by atoms with Crippen LogP contribution in [0.15, 0.2) is 48.1 Å². The maximum absolute atomic E-state index is 11.6. The predicted octanol–water partition coefficient (Wildman–Crippen LogP) is 2.87. The van der Waals surface area contributed by atoms with Crippen molar-refractivity contribution < 1.29 is 9.53 Å². The number of benzene rings is 1. The third-order valence-electron chi connectivity index (χ3n) is 3.02. The first-order chi connectivity index (χ1) is 9.72. The van der Waals surface area contributed by atoms with Crippen molar-refractivity contribution in [2.24, 2.45) is 5.10 Å². The second-order valence-corrected chi connectivity index (χ2v) is 4.46. The summed E-state index contributed by atoms with van der Waals surface area (Å²) >= 11 is 0. The summed E-state index contributed by atoms with van der Waals surface area (Å²) in [5.41, 5.74) is 1.97. The van der Waals surface area contributed by atoms with Gasteiger partial charge in [0, 0.05) is 12.8 Å². The van der Waals surface area contributed by atoms with Gasteiger partial charge in [-0.3, -0.25) is 4.79 Å². The molecule has 0 unspecified atom stereocenters. The van der Waals surface area contributed by atoms with Gasteiger partial charge in [0.05, 0.1) is 19.4 Å². The number of hydrogen-bond donors (Lipinski definition) is 0. The molecule has 0 aromatic heterocycles. The average Bonchev–Trinajstić information content (AvgIpc) is 2.49. The fraction of sp³-hybridized carbons (Fsp3) is 0.250. The van der Waals surface area contributed by atoms with Gasteiger partial charge in [-0.2, -0.15) is 5.10 Å². The highest BCUT2D eigenvalue weighted by Gasteiger charge is 2.17. The van der Waals surface area contributed by atoms with Crippen LogP contribution in [-0.4, -0.2) is 30.3 Å². The van der Waals surface area contributed by atoms with E-state index in [2.05, 4.69) is 11.7 Å². The lowest BCUT2D eigenvalue weighted by Crippen LogP contribution is -2.31. The van der Waals surface area contributed by atoms with E-state index in [1.54, 1.807) is 13.2 Å². The van der Waals surface area contributed by atoms with Crippen molar-refractivity contribution in [2.45, 2.75) is 12.8 Å². The molecule has 1 heterocycles. The molecule has 1 aliphatic rings. The second-order valence-electron chi connectivity index (χ2n) is 4.46. The van der Waals surface area contributed by atoms with Crippen molar-refractivity contribution in [1.29, 1.82) is 0 Å². The fourth-order valence-corrected chi connectivity index (χ4v) is 1.91. The molecular weight excluding hydrogens is 252 g/mol. The van der Waals surface area contributed by atoms with Gasteiger partial charge in [0.2, 0.25) is 5.91 Å². The van der Waals surface area contributed by atoms with E-state index >= 15 is 0 Å². The summed E-state index contributed by atoms with van der Waals surface area (Å²) in [6, 6.07) is 7.78. The topological polar surface area (TPSA) is 41.9 Å². The first-order valence-electron chi connectivity index (χ1n) is 6.54. The van der Waals surface area contributed by atoms with Crippen LogP contribution in [0.4, 0.5) is 0 Å². The predicted molar refractivity (Wildman–Crippen MR) is 80.6 cm³/mol. The molecule has 1 amide bonds. The highest BCUT2D eigenvalue weighted by atomic mass is 16.5. The minimum Gasteiger partial charge on any atom is -0.497 e. The molecule has 0 N–H and O–H groups in total. The van der Waals surface area contributed by atoms with Crippen LogP contribution in [0.25, 0.3) is 6.08 Å². The number of nitrogens with zero attached hydrogens (tertiary/aromatic N) is 2. The Balaban J connectivity index is 2.07. The molecule has 20 heavy (non-hydrogen) atoms. The van der Waals surface area contributed by atoms with E-state index in [1.165, 1.54) is 5.01 Å². The van der Waals surface area contributed by atoms with Gasteiger partial charge in [-0.25, -0.2) is 5.01 Å². The van der Waals surface area contributed by atoms with E-state index in [-0.39, 0.29) is 5.91 Å². The first kappa shape index (κ1) is 14.1. The van der Waals surface area contributed by atoms with Crippen LogP contribution in [0.3, 0.4) is 0 Å². The van der Waals surface area contributed by atoms with Crippen LogP contribution >= 0.6 is 0 Å². The molecule has 0 saturated heterocycles. The van der Waals surface area contributed by atoms with Gasteiger partial charge in [-0.15, -0.1) is 6.58 Å². The van der Waals surface area contributed by atoms with Crippen molar-refractivity contribution in [1.82, 2.24) is 5.01 Å². The van der Waals surface area contributed by atoms with Crippen LogP contribution in [-0.2, 0) is 4.79 Å². The Morgan fingerprint density at radius 2 is 2.05 bits per heavy atom. The number of ether oxygens (including phenoxy) is 1. The summed E-state index contributed by atoms with van der Waals surface area (Å²) < 4.78 is 5.12. The number of carbonyl (C=O) groups excluding carboxylic acids is 1. The maximum Gasteiger partial charge on any atom is 0.243 e. The lowest BCUT2D eigenvalue weighted by molar-refractivity contribution is -0.131. The Morgan fingerprint density at radius 1 is 1.30 bits per heavy atom. The molecule has 4 heteroatoms. The van der Waals surface area contributed by atoms with Crippen LogP contribution in [0, 0.1) is 0 Å². The maximum atomic E-state index is 11.6. The number of hydrogen-bond acceptors (Lipinski definition) is 3. The van der Waals surface area contributed by atoms with Gasteiger partial charge in [0.1, 0.15) is 5.75 Å².